The molecule has 3 heterocycles. The van der Waals surface area contributed by atoms with Gasteiger partial charge in [0.05, 0.1) is 11.7 Å². The van der Waals surface area contributed by atoms with Crippen LogP contribution in [0.2, 0.25) is 16.6 Å². The van der Waals surface area contributed by atoms with Crippen LogP contribution in [0.5, 0.6) is 5.88 Å². The Morgan fingerprint density at radius 3 is 2.14 bits per heavy atom. The van der Waals surface area contributed by atoms with E-state index in [2.05, 4.69) is 57.9 Å². The van der Waals surface area contributed by atoms with E-state index in [1.54, 1.807) is 6.07 Å². The van der Waals surface area contributed by atoms with Crippen molar-refractivity contribution in [2.45, 2.75) is 109 Å². The second-order valence-electron chi connectivity index (χ2n) is 15.4. The van der Waals surface area contributed by atoms with Gasteiger partial charge in [0.15, 0.2) is 11.0 Å². The van der Waals surface area contributed by atoms with Crippen molar-refractivity contribution in [2.75, 3.05) is 24.2 Å². The number of benzene rings is 2. The molecule has 5 nitrogen and oxygen atoms in total. The first kappa shape index (κ1) is 35.6. The van der Waals surface area contributed by atoms with Crippen LogP contribution in [0.25, 0.3) is 32.9 Å². The highest BCUT2D eigenvalue weighted by Gasteiger charge is 2.42. The number of halogens is 2. The topological polar surface area (TPSA) is 51.1 Å². The highest BCUT2D eigenvalue weighted by Crippen LogP contribution is 2.45. The third-order valence-electron chi connectivity index (χ3n) is 10.9. The van der Waals surface area contributed by atoms with Crippen LogP contribution in [0, 0.1) is 41.9 Å². The maximum Gasteiger partial charge on any atom is 0.227 e. The van der Waals surface area contributed by atoms with Crippen LogP contribution in [-0.2, 0) is 0 Å². The average molecular weight is 701 g/mol. The molecule has 260 valence electrons. The molecule has 2 aromatic heterocycles. The van der Waals surface area contributed by atoms with Crippen LogP contribution >= 0.6 is 11.8 Å². The lowest BCUT2D eigenvalue weighted by atomic mass is 9.94. The minimum atomic E-state index is -2.20. The van der Waals surface area contributed by atoms with Gasteiger partial charge in [-0.3, -0.25) is 0 Å². The fourth-order valence-corrected chi connectivity index (χ4v) is 14.4. The van der Waals surface area contributed by atoms with Gasteiger partial charge in [-0.1, -0.05) is 71.4 Å². The first-order chi connectivity index (χ1) is 23.2. The summed E-state index contributed by atoms with van der Waals surface area (Å²) in [6, 6.07) is 7.13. The molecule has 0 spiro atoms. The van der Waals surface area contributed by atoms with Gasteiger partial charge in [-0.25, -0.2) is 23.7 Å². The second-order valence-corrected chi connectivity index (χ2v) is 21.8. The fraction of sp³-hybridized carbons (Fsp3) is 0.525. The Hall–Kier alpha value is -3.22. The summed E-state index contributed by atoms with van der Waals surface area (Å²) in [6.45, 7) is 21.1. The van der Waals surface area contributed by atoms with Gasteiger partial charge in [0, 0.05) is 24.0 Å². The minimum Gasteiger partial charge on any atom is -0.474 e. The van der Waals surface area contributed by atoms with E-state index in [9.17, 15) is 0 Å². The first-order valence-corrected chi connectivity index (χ1v) is 21.3. The van der Waals surface area contributed by atoms with Crippen molar-refractivity contribution in [3.63, 3.8) is 0 Å². The quantitative estimate of drug-likeness (QED) is 0.0789. The lowest BCUT2D eigenvalue weighted by Crippen LogP contribution is -2.43. The van der Waals surface area contributed by atoms with E-state index in [0.717, 1.165) is 24.0 Å². The summed E-state index contributed by atoms with van der Waals surface area (Å²) in [5, 5.41) is 2.34. The van der Waals surface area contributed by atoms with Gasteiger partial charge in [-0.05, 0) is 97.8 Å². The van der Waals surface area contributed by atoms with Crippen molar-refractivity contribution in [1.82, 2.24) is 15.0 Å². The molecule has 2 fully saturated rings. The van der Waals surface area contributed by atoms with Crippen LogP contribution in [0.1, 0.15) is 85.8 Å². The van der Waals surface area contributed by atoms with E-state index in [1.165, 1.54) is 37.1 Å². The molecule has 2 aliphatic rings. The van der Waals surface area contributed by atoms with E-state index in [4.69, 9.17) is 19.7 Å². The largest absolute Gasteiger partial charge is 0.474 e. The standard InChI is InChI=1S/C40H50F2N4OSSi/c1-22(2)47-39-34-37(44-40(48-10)45-38(34)46-20-27-11-12-28(19-27)21-46)35(42)36(43-39)31-18-26(9)17-29-13-14-32(41)30(33(29)31)15-16-49(23(3)4,24(5)6)25(7)8/h13-14,17-18,22-25,27-28H,11-12,19-21H2,1-10H3. The Labute approximate surface area is 296 Å². The average Bonchev–Trinajstić information content (AvgIpc) is 3.38. The van der Waals surface area contributed by atoms with Crippen LogP contribution in [-0.4, -0.2) is 48.5 Å². The van der Waals surface area contributed by atoms with Gasteiger partial charge in [0.2, 0.25) is 5.88 Å². The molecule has 0 radical (unpaired) electrons. The van der Waals surface area contributed by atoms with E-state index in [1.807, 2.05) is 39.2 Å². The van der Waals surface area contributed by atoms with Crippen molar-refractivity contribution < 1.29 is 13.5 Å². The molecule has 1 aliphatic heterocycles. The van der Waals surface area contributed by atoms with Crippen molar-refractivity contribution >= 4 is 47.3 Å². The Morgan fingerprint density at radius 2 is 1.55 bits per heavy atom. The second kappa shape index (κ2) is 13.8. The van der Waals surface area contributed by atoms with Gasteiger partial charge in [0.25, 0.3) is 0 Å². The molecule has 49 heavy (non-hydrogen) atoms. The molecule has 2 aromatic carbocycles. The lowest BCUT2D eigenvalue weighted by molar-refractivity contribution is 0.236. The molecule has 1 saturated carbocycles. The maximum atomic E-state index is 17.3. The van der Waals surface area contributed by atoms with Gasteiger partial charge in [-0.15, -0.1) is 5.54 Å². The monoisotopic (exact) mass is 700 g/mol. The lowest BCUT2D eigenvalue weighted by Gasteiger charge is -2.38. The molecule has 1 saturated heterocycles. The van der Waals surface area contributed by atoms with Crippen LogP contribution < -0.4 is 9.64 Å². The zero-order valence-corrected chi connectivity index (χ0v) is 32.5. The normalized spacial score (nSPS) is 18.0. The Bertz CT molecular complexity index is 1930. The van der Waals surface area contributed by atoms with Crippen molar-refractivity contribution in [3.05, 3.63) is 47.0 Å². The number of ether oxygens (including phenoxy) is 1. The molecular formula is C40H50F2N4OSSi. The zero-order valence-electron chi connectivity index (χ0n) is 30.7. The third-order valence-corrected chi connectivity index (χ3v) is 17.7. The van der Waals surface area contributed by atoms with Crippen LogP contribution in [0.3, 0.4) is 0 Å². The highest BCUT2D eigenvalue weighted by molar-refractivity contribution is 7.98. The van der Waals surface area contributed by atoms with Gasteiger partial charge < -0.3 is 9.64 Å². The molecule has 2 atom stereocenters. The summed E-state index contributed by atoms with van der Waals surface area (Å²) in [6.07, 6.45) is 5.34. The predicted molar refractivity (Wildman–Crippen MR) is 203 cm³/mol. The predicted octanol–water partition coefficient (Wildman–Crippen LogP) is 10.7. The number of fused-ring (bicyclic) bond motifs is 4. The number of piperidine rings is 1. The maximum absolute atomic E-state index is 17.3. The van der Waals surface area contributed by atoms with E-state index in [-0.39, 0.29) is 22.9 Å². The molecule has 6 rings (SSSR count). The molecule has 0 amide bonds. The van der Waals surface area contributed by atoms with Gasteiger partial charge in [-0.2, -0.15) is 0 Å². The van der Waals surface area contributed by atoms with Crippen molar-refractivity contribution in [3.8, 4) is 28.6 Å². The zero-order chi connectivity index (χ0) is 35.4. The minimum absolute atomic E-state index is 0.0843. The van der Waals surface area contributed by atoms with Crippen LogP contribution in [0.4, 0.5) is 14.6 Å². The molecule has 2 bridgehead atoms. The van der Waals surface area contributed by atoms with E-state index in [0.29, 0.717) is 61.6 Å². The van der Waals surface area contributed by atoms with E-state index >= 15 is 8.78 Å². The number of pyridine rings is 1. The summed E-state index contributed by atoms with van der Waals surface area (Å²) in [7, 11) is -2.20. The SMILES string of the molecule is CSc1nc(N2CC3CCC(C3)C2)c2c(OC(C)C)nc(-c3cc(C)cc4ccc(F)c(C#C[Si](C(C)C)(C(C)C)C(C)C)c34)c(F)c2n1. The van der Waals surface area contributed by atoms with Crippen molar-refractivity contribution in [2.24, 2.45) is 11.8 Å². The Morgan fingerprint density at radius 1 is 0.898 bits per heavy atom. The first-order valence-electron chi connectivity index (χ1n) is 17.9. The number of rotatable bonds is 8. The fourth-order valence-electron chi connectivity index (χ4n) is 8.79. The van der Waals surface area contributed by atoms with Gasteiger partial charge in [0.1, 0.15) is 36.3 Å². The number of anilines is 1. The Balaban J connectivity index is 1.66. The molecular weight excluding hydrogens is 651 g/mol. The number of hydrogen-bond donors (Lipinski definition) is 0. The summed E-state index contributed by atoms with van der Waals surface area (Å²) in [4.78, 5) is 17.0. The molecule has 9 heteroatoms. The summed E-state index contributed by atoms with van der Waals surface area (Å²) >= 11 is 1.39. The highest BCUT2D eigenvalue weighted by atomic mass is 32.2. The Kier molecular flexibility index (Phi) is 10.0. The molecule has 2 unspecified atom stereocenters. The van der Waals surface area contributed by atoms with Crippen molar-refractivity contribution in [1.29, 1.82) is 0 Å². The van der Waals surface area contributed by atoms with Crippen LogP contribution in [0.15, 0.2) is 29.4 Å². The number of nitrogens with zero attached hydrogens (tertiary/aromatic N) is 4. The van der Waals surface area contributed by atoms with E-state index < -0.39 is 19.7 Å². The number of hydrogen-bond acceptors (Lipinski definition) is 6. The summed E-state index contributed by atoms with van der Waals surface area (Å²) in [5.41, 5.74) is 6.79. The number of aryl methyl sites for hydroxylation is 1. The third kappa shape index (κ3) is 6.44. The summed E-state index contributed by atoms with van der Waals surface area (Å²) in [5.74, 6) is 4.59. The molecule has 4 aromatic rings. The smallest absolute Gasteiger partial charge is 0.227 e. The number of aromatic nitrogens is 3. The summed E-state index contributed by atoms with van der Waals surface area (Å²) < 4.78 is 39.8. The number of thioether (sulfide) groups is 1. The molecule has 1 aliphatic carbocycles. The molecule has 0 N–H and O–H groups in total. The van der Waals surface area contributed by atoms with Gasteiger partial charge >= 0.3 is 0 Å².